The fraction of sp³-hybridized carbons (Fsp3) is 0. The van der Waals surface area contributed by atoms with Crippen molar-refractivity contribution in [2.24, 2.45) is 5.14 Å². The predicted molar refractivity (Wildman–Crippen MR) is 42.9 cm³/mol. The van der Waals surface area contributed by atoms with Crippen molar-refractivity contribution in [1.82, 2.24) is 0 Å². The van der Waals surface area contributed by atoms with Gasteiger partial charge < -0.3 is 4.55 Å². The summed E-state index contributed by atoms with van der Waals surface area (Å²) >= 11 is -1.73. The summed E-state index contributed by atoms with van der Waals surface area (Å²) in [6.07, 6.45) is 0. The van der Waals surface area contributed by atoms with Gasteiger partial charge in [0.15, 0.2) is 0 Å². The summed E-state index contributed by atoms with van der Waals surface area (Å²) in [5, 5.41) is 6.10. The number of sulfonamides is 1. The molecule has 5 nitrogen and oxygen atoms in total. The van der Waals surface area contributed by atoms with Crippen LogP contribution in [-0.4, -0.2) is 17.2 Å². The molecule has 1 heterocycles. The van der Waals surface area contributed by atoms with Crippen molar-refractivity contribution in [1.29, 1.82) is 0 Å². The molecule has 0 saturated carbocycles. The molecule has 2 N–H and O–H groups in total. The van der Waals surface area contributed by atoms with Crippen LogP contribution in [-0.2, 0) is 21.1 Å². The summed E-state index contributed by atoms with van der Waals surface area (Å²) in [6, 6.07) is 1.16. The standard InChI is InChI=1S/C4H5NO4S3.Li/c5-12(8,9)3-1-2-10-4(3)11(6)7;/h1-2H,(H,6,7)(H2,5,8,9);/q;+1/p-1. The van der Waals surface area contributed by atoms with Crippen molar-refractivity contribution >= 4 is 32.4 Å². The Hall–Kier alpha value is 0.317. The van der Waals surface area contributed by atoms with Crippen LogP contribution in [0.3, 0.4) is 0 Å². The van der Waals surface area contributed by atoms with E-state index in [4.69, 9.17) is 5.14 Å². The molecule has 0 aromatic carbocycles. The van der Waals surface area contributed by atoms with Crippen molar-refractivity contribution < 1.29 is 36.0 Å². The third-order valence-corrected chi connectivity index (χ3v) is 4.19. The summed E-state index contributed by atoms with van der Waals surface area (Å²) in [6.45, 7) is 0. The zero-order valence-corrected chi connectivity index (χ0v) is 9.04. The summed E-state index contributed by atoms with van der Waals surface area (Å²) in [5.41, 5.74) is 0. The molecule has 1 aromatic heterocycles. The van der Waals surface area contributed by atoms with Gasteiger partial charge in [-0.05, 0) is 22.5 Å². The van der Waals surface area contributed by atoms with Gasteiger partial charge in [-0.3, -0.25) is 4.21 Å². The van der Waals surface area contributed by atoms with Crippen molar-refractivity contribution in [2.75, 3.05) is 0 Å². The topological polar surface area (TPSA) is 100 Å². The van der Waals surface area contributed by atoms with Crippen molar-refractivity contribution in [3.05, 3.63) is 11.4 Å². The van der Waals surface area contributed by atoms with Crippen LogP contribution in [0, 0.1) is 0 Å². The molecule has 0 spiro atoms. The van der Waals surface area contributed by atoms with Crippen molar-refractivity contribution in [3.63, 3.8) is 0 Å². The minimum Gasteiger partial charge on any atom is -0.768 e. The Morgan fingerprint density at radius 3 is 2.38 bits per heavy atom. The molecule has 1 atom stereocenters. The molecular formula is C4H4LiNO4S3. The fourth-order valence-electron chi connectivity index (χ4n) is 0.616. The maximum absolute atomic E-state index is 10.7. The minimum atomic E-state index is -3.92. The molecule has 1 aromatic rings. The Labute approximate surface area is 93.8 Å². The number of nitrogens with two attached hydrogens (primary N) is 1. The second kappa shape index (κ2) is 4.70. The Bertz CT molecular complexity index is 411. The third-order valence-electron chi connectivity index (χ3n) is 1.05. The van der Waals surface area contributed by atoms with Gasteiger partial charge in [-0.1, -0.05) is 0 Å². The predicted octanol–water partition coefficient (Wildman–Crippen LogP) is -3.36. The van der Waals surface area contributed by atoms with Gasteiger partial charge >= 0.3 is 18.9 Å². The largest absolute Gasteiger partial charge is 1.00 e. The number of primary sulfonamides is 1. The molecular weight excluding hydrogens is 229 g/mol. The molecule has 0 saturated heterocycles. The van der Waals surface area contributed by atoms with E-state index >= 15 is 0 Å². The van der Waals surface area contributed by atoms with Gasteiger partial charge in [-0.15, -0.1) is 11.3 Å². The summed E-state index contributed by atoms with van der Waals surface area (Å²) < 4.78 is 42.0. The van der Waals surface area contributed by atoms with Gasteiger partial charge in [0.2, 0.25) is 10.0 Å². The smallest absolute Gasteiger partial charge is 0.768 e. The van der Waals surface area contributed by atoms with Gasteiger partial charge in [0.05, 0.1) is 4.21 Å². The van der Waals surface area contributed by atoms with E-state index in [9.17, 15) is 17.2 Å². The van der Waals surface area contributed by atoms with Crippen LogP contribution in [0.4, 0.5) is 0 Å². The minimum absolute atomic E-state index is 0. The first-order valence-electron chi connectivity index (χ1n) is 2.62. The van der Waals surface area contributed by atoms with Crippen LogP contribution >= 0.6 is 11.3 Å². The molecule has 68 valence electrons. The number of rotatable bonds is 2. The Morgan fingerprint density at radius 2 is 2.08 bits per heavy atom. The molecule has 0 radical (unpaired) electrons. The second-order valence-electron chi connectivity index (χ2n) is 1.85. The van der Waals surface area contributed by atoms with Crippen LogP contribution in [0.1, 0.15) is 0 Å². The summed E-state index contributed by atoms with van der Waals surface area (Å²) in [4.78, 5) is -0.346. The first-order chi connectivity index (χ1) is 5.43. The number of hydrogen-bond acceptors (Lipinski definition) is 5. The number of hydrogen-bond donors (Lipinski definition) is 1. The monoisotopic (exact) mass is 233 g/mol. The van der Waals surface area contributed by atoms with Crippen LogP contribution in [0.25, 0.3) is 0 Å². The van der Waals surface area contributed by atoms with Crippen LogP contribution < -0.4 is 24.0 Å². The normalized spacial score (nSPS) is 13.4. The Kier molecular flexibility index (Phi) is 4.82. The van der Waals surface area contributed by atoms with E-state index in [0.29, 0.717) is 0 Å². The first kappa shape index (κ1) is 13.3. The molecule has 0 amide bonds. The molecule has 13 heavy (non-hydrogen) atoms. The maximum atomic E-state index is 10.7. The summed E-state index contributed by atoms with van der Waals surface area (Å²) in [7, 11) is -3.92. The van der Waals surface area contributed by atoms with Gasteiger partial charge in [0.1, 0.15) is 4.90 Å². The van der Waals surface area contributed by atoms with E-state index < -0.39 is 21.1 Å². The van der Waals surface area contributed by atoms with Crippen LogP contribution in [0.15, 0.2) is 20.6 Å². The van der Waals surface area contributed by atoms with Crippen molar-refractivity contribution in [2.45, 2.75) is 9.10 Å². The van der Waals surface area contributed by atoms with E-state index in [1.165, 1.54) is 5.38 Å². The zero-order valence-electron chi connectivity index (χ0n) is 6.59. The van der Waals surface area contributed by atoms with Crippen LogP contribution in [0.5, 0.6) is 0 Å². The molecule has 1 rings (SSSR count). The third kappa shape index (κ3) is 3.18. The average Bonchev–Trinajstić information content (AvgIpc) is 2.30. The van der Waals surface area contributed by atoms with Crippen molar-refractivity contribution in [3.8, 4) is 0 Å². The molecule has 0 bridgehead atoms. The van der Waals surface area contributed by atoms with Crippen LogP contribution in [0.2, 0.25) is 0 Å². The van der Waals surface area contributed by atoms with E-state index in [0.717, 1.165) is 17.4 Å². The number of thiophene rings is 1. The Balaban J connectivity index is 0.00000144. The Morgan fingerprint density at radius 1 is 1.54 bits per heavy atom. The SMILES string of the molecule is NS(=O)(=O)c1ccsc1S(=O)[O-].[Li+]. The van der Waals surface area contributed by atoms with E-state index in [1.54, 1.807) is 0 Å². The zero-order chi connectivity index (χ0) is 9.35. The summed E-state index contributed by atoms with van der Waals surface area (Å²) in [5.74, 6) is 0. The molecule has 9 heteroatoms. The molecule has 0 aliphatic heterocycles. The molecule has 0 aliphatic rings. The molecule has 0 aliphatic carbocycles. The van der Waals surface area contributed by atoms with E-state index in [1.807, 2.05) is 0 Å². The molecule has 0 fully saturated rings. The van der Waals surface area contributed by atoms with Gasteiger partial charge in [0, 0.05) is 0 Å². The quantitative estimate of drug-likeness (QED) is 0.426. The molecule has 1 unspecified atom stereocenters. The fourth-order valence-corrected chi connectivity index (χ4v) is 3.46. The first-order valence-corrected chi connectivity index (χ1v) is 6.12. The average molecular weight is 233 g/mol. The van der Waals surface area contributed by atoms with E-state index in [2.05, 4.69) is 0 Å². The second-order valence-corrected chi connectivity index (χ2v) is 5.43. The van der Waals surface area contributed by atoms with Gasteiger partial charge in [-0.2, -0.15) is 0 Å². The van der Waals surface area contributed by atoms with E-state index in [-0.39, 0.29) is 28.0 Å². The van der Waals surface area contributed by atoms with Gasteiger partial charge in [0.25, 0.3) is 0 Å². The van der Waals surface area contributed by atoms with Gasteiger partial charge in [-0.25, -0.2) is 13.6 Å². The maximum Gasteiger partial charge on any atom is 1.00 e.